The van der Waals surface area contributed by atoms with E-state index in [0.29, 0.717) is 39.0 Å². The summed E-state index contributed by atoms with van der Waals surface area (Å²) >= 11 is 0. The number of amides is 2. The maximum absolute atomic E-state index is 13.4. The summed E-state index contributed by atoms with van der Waals surface area (Å²) in [5, 5.41) is 9.10. The third-order valence-electron chi connectivity index (χ3n) is 5.39. The Kier molecular flexibility index (Phi) is 5.22. The van der Waals surface area contributed by atoms with Crippen molar-refractivity contribution >= 4 is 17.5 Å². The van der Waals surface area contributed by atoms with Gasteiger partial charge in [0, 0.05) is 31.9 Å². The summed E-state index contributed by atoms with van der Waals surface area (Å²) in [7, 11) is 0. The Bertz CT molecular complexity index is 638. The molecule has 1 saturated heterocycles. The Hall–Kier alpha value is -2.15. The number of rotatable bonds is 3. The fraction of sp³-hybridized carbons (Fsp3) is 0.556. The van der Waals surface area contributed by atoms with Crippen LogP contribution in [0.3, 0.4) is 0 Å². The summed E-state index contributed by atoms with van der Waals surface area (Å²) < 4.78 is 13.4. The molecule has 1 saturated carbocycles. The quantitative estimate of drug-likeness (QED) is 0.497. The van der Waals surface area contributed by atoms with E-state index < -0.39 is 11.3 Å². The van der Waals surface area contributed by atoms with Crippen LogP contribution in [0.15, 0.2) is 24.3 Å². The minimum absolute atomic E-state index is 0.197. The number of piperazine rings is 1. The fourth-order valence-electron chi connectivity index (χ4n) is 3.94. The average molecular weight is 349 g/mol. The Morgan fingerprint density at radius 2 is 1.76 bits per heavy atom. The van der Waals surface area contributed by atoms with Gasteiger partial charge in [-0.15, -0.1) is 0 Å². The van der Waals surface area contributed by atoms with E-state index in [-0.39, 0.29) is 11.7 Å². The van der Waals surface area contributed by atoms with Gasteiger partial charge in [0.25, 0.3) is 5.91 Å². The van der Waals surface area contributed by atoms with E-state index in [1.165, 1.54) is 12.1 Å². The summed E-state index contributed by atoms with van der Waals surface area (Å²) in [5.41, 5.74) is 1.35. The molecule has 1 aliphatic carbocycles. The number of hydroxylamine groups is 1. The van der Waals surface area contributed by atoms with E-state index >= 15 is 0 Å². The summed E-state index contributed by atoms with van der Waals surface area (Å²) in [6.07, 6.45) is 3.57. The van der Waals surface area contributed by atoms with Crippen molar-refractivity contribution < 1.29 is 19.2 Å². The molecule has 2 aliphatic rings. The first-order chi connectivity index (χ1) is 12.1. The highest BCUT2D eigenvalue weighted by atomic mass is 19.1. The number of nitrogens with one attached hydrogen (secondary N) is 1. The highest BCUT2D eigenvalue weighted by Crippen LogP contribution is 2.38. The highest BCUT2D eigenvalue weighted by molar-refractivity contribution is 6.04. The molecule has 1 aromatic carbocycles. The number of halogens is 1. The molecule has 0 radical (unpaired) electrons. The third-order valence-corrected chi connectivity index (χ3v) is 5.39. The number of hydrogen-bond acceptors (Lipinski definition) is 4. The first-order valence-corrected chi connectivity index (χ1v) is 8.81. The van der Waals surface area contributed by atoms with Gasteiger partial charge >= 0.3 is 0 Å². The summed E-state index contributed by atoms with van der Waals surface area (Å²) in [6.45, 7) is 2.14. The predicted octanol–water partition coefficient (Wildman–Crippen LogP) is 1.93. The lowest BCUT2D eigenvalue weighted by Gasteiger charge is -2.42. The van der Waals surface area contributed by atoms with Crippen LogP contribution in [0.5, 0.6) is 0 Å². The molecule has 0 spiro atoms. The lowest BCUT2D eigenvalue weighted by Crippen LogP contribution is -2.57. The molecule has 0 bridgehead atoms. The Morgan fingerprint density at radius 3 is 2.36 bits per heavy atom. The van der Waals surface area contributed by atoms with Gasteiger partial charge in [0.2, 0.25) is 5.91 Å². The molecule has 2 N–H and O–H groups in total. The molecule has 6 nitrogen and oxygen atoms in total. The molecule has 0 aromatic heterocycles. The van der Waals surface area contributed by atoms with Crippen LogP contribution in [-0.4, -0.2) is 48.1 Å². The van der Waals surface area contributed by atoms with Crippen molar-refractivity contribution in [2.24, 2.45) is 5.41 Å². The van der Waals surface area contributed by atoms with Gasteiger partial charge in [0.05, 0.1) is 0 Å². The van der Waals surface area contributed by atoms with Gasteiger partial charge in [-0.25, -0.2) is 9.87 Å². The van der Waals surface area contributed by atoms with Crippen LogP contribution < -0.4 is 10.4 Å². The molecule has 1 heterocycles. The fourth-order valence-corrected chi connectivity index (χ4v) is 3.94. The predicted molar refractivity (Wildman–Crippen MR) is 90.6 cm³/mol. The van der Waals surface area contributed by atoms with Gasteiger partial charge in [-0.2, -0.15) is 0 Å². The number of anilines is 1. The molecular formula is C18H24FN3O3. The first-order valence-electron chi connectivity index (χ1n) is 8.81. The smallest absolute Gasteiger partial charge is 0.259 e. The molecule has 3 rings (SSSR count). The second-order valence-corrected chi connectivity index (χ2v) is 6.84. The largest absolute Gasteiger partial charge is 0.368 e. The van der Waals surface area contributed by atoms with Gasteiger partial charge in [0.1, 0.15) is 11.2 Å². The van der Waals surface area contributed by atoms with Crippen LogP contribution in [0.1, 0.15) is 32.1 Å². The molecule has 2 fully saturated rings. The van der Waals surface area contributed by atoms with E-state index in [1.807, 2.05) is 11.0 Å². The van der Waals surface area contributed by atoms with Crippen molar-refractivity contribution in [2.75, 3.05) is 31.1 Å². The number of carbonyl (C=O) groups is 2. The monoisotopic (exact) mass is 349 g/mol. The van der Waals surface area contributed by atoms with E-state index in [1.54, 1.807) is 16.4 Å². The number of benzene rings is 1. The normalized spacial score (nSPS) is 20.2. The zero-order chi connectivity index (χ0) is 17.9. The molecule has 1 aliphatic heterocycles. The Morgan fingerprint density at radius 1 is 1.08 bits per heavy atom. The van der Waals surface area contributed by atoms with Crippen LogP contribution in [-0.2, 0) is 9.59 Å². The summed E-state index contributed by atoms with van der Waals surface area (Å²) in [4.78, 5) is 29.0. The third kappa shape index (κ3) is 3.46. The lowest BCUT2D eigenvalue weighted by atomic mass is 9.72. The maximum Gasteiger partial charge on any atom is 0.259 e. The van der Waals surface area contributed by atoms with E-state index in [0.717, 1.165) is 24.9 Å². The summed E-state index contributed by atoms with van der Waals surface area (Å²) in [5.74, 6) is -1.07. The Labute approximate surface area is 146 Å². The second kappa shape index (κ2) is 7.39. The second-order valence-electron chi connectivity index (χ2n) is 6.84. The Balaban J connectivity index is 1.68. The van der Waals surface area contributed by atoms with Crippen molar-refractivity contribution in [1.82, 2.24) is 10.4 Å². The van der Waals surface area contributed by atoms with E-state index in [2.05, 4.69) is 0 Å². The van der Waals surface area contributed by atoms with Crippen molar-refractivity contribution in [3.8, 4) is 0 Å². The molecular weight excluding hydrogens is 325 g/mol. The first kappa shape index (κ1) is 17.7. The highest BCUT2D eigenvalue weighted by Gasteiger charge is 2.48. The van der Waals surface area contributed by atoms with Crippen LogP contribution in [0.2, 0.25) is 0 Å². The molecule has 136 valence electrons. The van der Waals surface area contributed by atoms with Gasteiger partial charge in [-0.3, -0.25) is 14.8 Å². The molecule has 7 heteroatoms. The SMILES string of the molecule is O=C(NO)C1(C(=O)N2CCN(c3cccc(F)c3)CC2)CCCCC1. The van der Waals surface area contributed by atoms with Crippen molar-refractivity contribution in [2.45, 2.75) is 32.1 Å². The number of carbonyl (C=O) groups excluding carboxylic acids is 2. The van der Waals surface area contributed by atoms with E-state index in [4.69, 9.17) is 5.21 Å². The van der Waals surface area contributed by atoms with Crippen molar-refractivity contribution in [3.63, 3.8) is 0 Å². The summed E-state index contributed by atoms with van der Waals surface area (Å²) in [6, 6.07) is 6.41. The molecule has 25 heavy (non-hydrogen) atoms. The van der Waals surface area contributed by atoms with Gasteiger partial charge in [0.15, 0.2) is 0 Å². The van der Waals surface area contributed by atoms with Crippen molar-refractivity contribution in [1.29, 1.82) is 0 Å². The zero-order valence-electron chi connectivity index (χ0n) is 14.2. The van der Waals surface area contributed by atoms with Crippen LogP contribution in [0.4, 0.5) is 10.1 Å². The topological polar surface area (TPSA) is 72.9 Å². The molecule has 0 atom stereocenters. The molecule has 1 aromatic rings. The number of hydrogen-bond donors (Lipinski definition) is 2. The van der Waals surface area contributed by atoms with Gasteiger partial charge in [-0.1, -0.05) is 25.3 Å². The van der Waals surface area contributed by atoms with Crippen molar-refractivity contribution in [3.05, 3.63) is 30.1 Å². The molecule has 0 unspecified atom stereocenters. The standard InChI is InChI=1S/C18H24FN3O3/c19-14-5-4-6-15(13-14)21-9-11-22(12-10-21)17(24)18(16(23)20-25)7-2-1-3-8-18/h4-6,13,25H,1-3,7-12H2,(H,20,23). The maximum atomic E-state index is 13.4. The van der Waals surface area contributed by atoms with E-state index in [9.17, 15) is 14.0 Å². The number of nitrogens with zero attached hydrogens (tertiary/aromatic N) is 2. The van der Waals surface area contributed by atoms with Crippen LogP contribution >= 0.6 is 0 Å². The van der Waals surface area contributed by atoms with Crippen LogP contribution in [0, 0.1) is 11.2 Å². The minimum Gasteiger partial charge on any atom is -0.368 e. The minimum atomic E-state index is -1.14. The average Bonchev–Trinajstić information content (AvgIpc) is 2.67. The zero-order valence-corrected chi connectivity index (χ0v) is 14.2. The molecule has 2 amide bonds. The van der Waals surface area contributed by atoms with Crippen LogP contribution in [0.25, 0.3) is 0 Å². The van der Waals surface area contributed by atoms with Gasteiger partial charge in [-0.05, 0) is 31.0 Å². The van der Waals surface area contributed by atoms with Gasteiger partial charge < -0.3 is 9.80 Å². The lowest BCUT2D eigenvalue weighted by molar-refractivity contribution is -0.158.